The Morgan fingerprint density at radius 1 is 1.44 bits per heavy atom. The minimum Gasteiger partial charge on any atom is -0.603 e. The van der Waals surface area contributed by atoms with Crippen molar-refractivity contribution in [2.24, 2.45) is 0 Å². The van der Waals surface area contributed by atoms with Crippen LogP contribution in [0.5, 0.6) is 0 Å². The zero-order chi connectivity index (χ0) is 7.49. The molecule has 0 bridgehead atoms. The molecule has 0 radical (unpaired) electrons. The first-order valence-electron chi connectivity index (χ1n) is 2.07. The zero-order valence-corrected chi connectivity index (χ0v) is 6.32. The fraction of sp³-hybridized carbons (Fsp3) is 0.500. The van der Waals surface area contributed by atoms with E-state index < -0.39 is 22.8 Å². The molecule has 4 N–H and O–H groups in total. The van der Waals surface area contributed by atoms with Crippen LogP contribution in [0.1, 0.15) is 0 Å². The van der Waals surface area contributed by atoms with E-state index in [4.69, 9.17) is 19.3 Å². The molecule has 0 spiro atoms. The summed E-state index contributed by atoms with van der Waals surface area (Å²) in [7, 11) is -6.60. The van der Waals surface area contributed by atoms with E-state index >= 15 is 0 Å². The first kappa shape index (κ1) is 9.19. The lowest BCUT2D eigenvalue weighted by atomic mass is 11.0. The van der Waals surface area contributed by atoms with Gasteiger partial charge in [0, 0.05) is 0 Å². The number of rotatable bonds is 2. The highest BCUT2D eigenvalue weighted by Crippen LogP contribution is 2.03. The third kappa shape index (κ3) is 8.19. The Bertz CT molecular complexity index is 113. The molecular weight excluding hydrogens is 163 g/mol. The molecule has 0 heterocycles. The van der Waals surface area contributed by atoms with Crippen molar-refractivity contribution in [3.05, 3.63) is 0 Å². The van der Waals surface area contributed by atoms with Gasteiger partial charge in [0.15, 0.2) is 0 Å². The lowest BCUT2D eigenvalue weighted by Gasteiger charge is -2.02. The van der Waals surface area contributed by atoms with Crippen molar-refractivity contribution in [1.82, 2.24) is 0 Å². The molecule has 0 amide bonds. The molecule has 0 aromatic rings. The van der Waals surface area contributed by atoms with Crippen LogP contribution in [0.4, 0.5) is 0 Å². The molecule has 0 saturated carbocycles. The summed E-state index contributed by atoms with van der Waals surface area (Å²) in [5.74, 6) is 0.752. The van der Waals surface area contributed by atoms with Crippen molar-refractivity contribution in [1.29, 1.82) is 0 Å². The summed E-state index contributed by atoms with van der Waals surface area (Å²) in [5, 5.41) is 0. The largest absolute Gasteiger partial charge is 0.603 e. The maximum atomic E-state index is 9.83. The summed E-state index contributed by atoms with van der Waals surface area (Å²) in [6, 6.07) is -0.501. The summed E-state index contributed by atoms with van der Waals surface area (Å²) in [6.07, 6.45) is 0. The van der Waals surface area contributed by atoms with Gasteiger partial charge in [-0.2, -0.15) is 4.89 Å². The van der Waals surface area contributed by atoms with Gasteiger partial charge in [0.25, 0.3) is 0 Å². The summed E-state index contributed by atoms with van der Waals surface area (Å²) >= 11 is 0. The van der Waals surface area contributed by atoms with Crippen LogP contribution in [0, 0.1) is 0 Å². The highest BCUT2D eigenvalue weighted by molar-refractivity contribution is 7.44. The Hall–Kier alpha value is 0.187. The first-order valence-corrected chi connectivity index (χ1v) is 5.40. The smallest absolute Gasteiger partial charge is 0.500 e. The molecule has 54 valence electrons. The molecule has 0 rings (SSSR count). The van der Waals surface area contributed by atoms with E-state index in [-0.39, 0.29) is 0 Å². The fourth-order valence-electron chi connectivity index (χ4n) is 0.201. The maximum Gasteiger partial charge on any atom is 0.500 e. The summed E-state index contributed by atoms with van der Waals surface area (Å²) in [6.45, 7) is 0. The lowest BCUT2D eigenvalue weighted by Crippen LogP contribution is -2.34. The van der Waals surface area contributed by atoms with Gasteiger partial charge >= 0.3 is 8.80 Å². The molecule has 1 unspecified atom stereocenters. The predicted molar refractivity (Wildman–Crippen MR) is 32.4 cm³/mol. The first-order chi connectivity index (χ1) is 3.92. The second kappa shape index (κ2) is 3.38. The van der Waals surface area contributed by atoms with E-state index in [0.717, 1.165) is 5.80 Å². The van der Waals surface area contributed by atoms with Crippen molar-refractivity contribution in [2.75, 3.05) is 0 Å². The van der Waals surface area contributed by atoms with E-state index in [1.54, 1.807) is 0 Å². The fourth-order valence-corrected chi connectivity index (χ4v) is 1.81. The van der Waals surface area contributed by atoms with E-state index in [1.165, 1.54) is 0 Å². The van der Waals surface area contributed by atoms with Gasteiger partial charge in [-0.1, -0.05) is 0 Å². The summed E-state index contributed by atoms with van der Waals surface area (Å²) in [5.41, 5.74) is 0. The van der Waals surface area contributed by atoms with E-state index in [2.05, 4.69) is 0 Å². The Morgan fingerprint density at radius 2 is 1.89 bits per heavy atom. The SMILES string of the molecule is [O-][P+](O)=CC[Si](O)(O)O. The number of hydrogen-bond donors (Lipinski definition) is 4. The van der Waals surface area contributed by atoms with Crippen LogP contribution in [0.2, 0.25) is 6.04 Å². The quantitative estimate of drug-likeness (QED) is 0.268. The monoisotopic (exact) mass is 170 g/mol. The normalized spacial score (nSPS) is 14.1. The van der Waals surface area contributed by atoms with Gasteiger partial charge in [0.2, 0.25) is 8.00 Å². The van der Waals surface area contributed by atoms with Gasteiger partial charge in [-0.05, 0) is 0 Å². The molecule has 0 aliphatic rings. The highest BCUT2D eigenvalue weighted by Gasteiger charge is 2.26. The standard InChI is InChI=1S/C2H7O5PSi/c3-8(4)1-2-9(5,6)7/h1,5-7H,2H2,(H,3,4). The van der Waals surface area contributed by atoms with E-state index in [9.17, 15) is 4.89 Å². The van der Waals surface area contributed by atoms with Crippen LogP contribution in [-0.4, -0.2) is 33.9 Å². The Balaban J connectivity index is 3.64. The van der Waals surface area contributed by atoms with Crippen LogP contribution in [-0.2, 0) is 0 Å². The molecule has 9 heavy (non-hydrogen) atoms. The average molecular weight is 170 g/mol. The molecule has 5 nitrogen and oxygen atoms in total. The van der Waals surface area contributed by atoms with Gasteiger partial charge in [0.1, 0.15) is 5.80 Å². The van der Waals surface area contributed by atoms with Crippen LogP contribution in [0.15, 0.2) is 0 Å². The Morgan fingerprint density at radius 3 is 2.00 bits per heavy atom. The van der Waals surface area contributed by atoms with Crippen LogP contribution in [0.25, 0.3) is 0 Å². The van der Waals surface area contributed by atoms with Gasteiger partial charge in [-0.25, -0.2) is 0 Å². The highest BCUT2D eigenvalue weighted by atomic mass is 31.1. The zero-order valence-electron chi connectivity index (χ0n) is 4.43. The van der Waals surface area contributed by atoms with Gasteiger partial charge < -0.3 is 19.3 Å². The minimum atomic E-state index is -4.12. The topological polar surface area (TPSA) is 104 Å². The molecular formula is C2H7O5PSi. The van der Waals surface area contributed by atoms with Gasteiger partial charge in [-0.3, -0.25) is 0 Å². The van der Waals surface area contributed by atoms with Crippen LogP contribution < -0.4 is 4.89 Å². The van der Waals surface area contributed by atoms with Gasteiger partial charge in [0.05, 0.1) is 6.04 Å². The lowest BCUT2D eigenvalue weighted by molar-refractivity contribution is -0.167. The molecule has 0 aliphatic carbocycles. The molecule has 7 heteroatoms. The third-order valence-electron chi connectivity index (χ3n) is 0.521. The van der Waals surface area contributed by atoms with Crippen molar-refractivity contribution in [3.63, 3.8) is 0 Å². The van der Waals surface area contributed by atoms with Crippen molar-refractivity contribution >= 4 is 22.6 Å². The summed E-state index contributed by atoms with van der Waals surface area (Å²) < 4.78 is 0. The van der Waals surface area contributed by atoms with E-state index in [0.29, 0.717) is 0 Å². The Kier molecular flexibility index (Phi) is 3.45. The van der Waals surface area contributed by atoms with Crippen molar-refractivity contribution in [2.45, 2.75) is 6.04 Å². The summed E-state index contributed by atoms with van der Waals surface area (Å²) in [4.78, 5) is 42.6. The van der Waals surface area contributed by atoms with Gasteiger partial charge in [-0.15, -0.1) is 0 Å². The Labute approximate surface area is 53.8 Å². The predicted octanol–water partition coefficient (Wildman–Crippen LogP) is -2.63. The molecule has 1 atom stereocenters. The maximum absolute atomic E-state index is 9.83. The third-order valence-corrected chi connectivity index (χ3v) is 2.11. The minimum absolute atomic E-state index is 0.501. The molecule has 0 saturated heterocycles. The molecule has 0 aromatic heterocycles. The van der Waals surface area contributed by atoms with Crippen LogP contribution in [0.3, 0.4) is 0 Å². The molecule has 0 aromatic carbocycles. The van der Waals surface area contributed by atoms with Crippen molar-refractivity contribution < 1.29 is 24.2 Å². The second-order valence-electron chi connectivity index (χ2n) is 1.46. The number of hydrogen-bond acceptors (Lipinski definition) is 5. The van der Waals surface area contributed by atoms with E-state index in [1.807, 2.05) is 0 Å². The molecule has 0 aliphatic heterocycles. The van der Waals surface area contributed by atoms with Crippen LogP contribution >= 0.6 is 8.00 Å². The second-order valence-corrected chi connectivity index (χ2v) is 4.39. The average Bonchev–Trinajstić information content (AvgIpc) is 1.59. The molecule has 0 fully saturated rings. The van der Waals surface area contributed by atoms with Crippen molar-refractivity contribution in [3.8, 4) is 0 Å².